The molecule has 1 aromatic rings. The van der Waals surface area contributed by atoms with Crippen molar-refractivity contribution in [1.82, 2.24) is 5.32 Å². The van der Waals surface area contributed by atoms with Crippen molar-refractivity contribution in [3.8, 4) is 5.75 Å². The number of aliphatic hydroxyl groups excluding tert-OH is 1. The minimum absolute atomic E-state index is 0.0157. The number of aliphatic hydroxyl groups is 1. The summed E-state index contributed by atoms with van der Waals surface area (Å²) in [5.41, 5.74) is 2.20. The van der Waals surface area contributed by atoms with Gasteiger partial charge in [0.1, 0.15) is 5.75 Å². The number of rotatable bonds is 9. The molecule has 5 heteroatoms. The highest BCUT2D eigenvalue weighted by Crippen LogP contribution is 2.20. The van der Waals surface area contributed by atoms with Crippen LogP contribution >= 0.6 is 0 Å². The first-order valence-corrected chi connectivity index (χ1v) is 6.79. The van der Waals surface area contributed by atoms with E-state index in [2.05, 4.69) is 5.32 Å². The van der Waals surface area contributed by atoms with Crippen molar-refractivity contribution in [2.24, 2.45) is 0 Å². The monoisotopic (exact) mass is 281 g/mol. The number of nitrogens with one attached hydrogen (secondary N) is 1. The van der Waals surface area contributed by atoms with E-state index in [1.807, 2.05) is 32.0 Å². The van der Waals surface area contributed by atoms with Gasteiger partial charge in [-0.05, 0) is 37.5 Å². The first-order chi connectivity index (χ1) is 9.65. The highest BCUT2D eigenvalue weighted by Gasteiger charge is 2.05. The zero-order chi connectivity index (χ0) is 14.8. The number of hydrogen-bond donors (Lipinski definition) is 2. The Labute approximate surface area is 119 Å². The maximum absolute atomic E-state index is 11.6. The number of carbonyl (C=O) groups excluding carboxylic acids is 1. The van der Waals surface area contributed by atoms with Gasteiger partial charge in [-0.1, -0.05) is 12.1 Å². The Kier molecular flexibility index (Phi) is 7.69. The second kappa shape index (κ2) is 9.34. The first-order valence-electron chi connectivity index (χ1n) is 6.79. The number of aryl methyl sites for hydroxylation is 1. The second-order valence-corrected chi connectivity index (χ2v) is 4.53. The van der Waals surface area contributed by atoms with Gasteiger partial charge < -0.3 is 19.9 Å². The van der Waals surface area contributed by atoms with Crippen molar-refractivity contribution in [3.63, 3.8) is 0 Å². The molecule has 1 aromatic carbocycles. The highest BCUT2D eigenvalue weighted by atomic mass is 16.5. The van der Waals surface area contributed by atoms with Gasteiger partial charge in [0.2, 0.25) is 0 Å². The lowest BCUT2D eigenvalue weighted by molar-refractivity contribution is -0.123. The summed E-state index contributed by atoms with van der Waals surface area (Å²) in [5.74, 6) is 0.597. The van der Waals surface area contributed by atoms with Crippen molar-refractivity contribution in [2.75, 3.05) is 33.0 Å². The van der Waals surface area contributed by atoms with Crippen LogP contribution in [0.4, 0.5) is 0 Å². The zero-order valence-electron chi connectivity index (χ0n) is 12.1. The number of benzene rings is 1. The smallest absolute Gasteiger partial charge is 0.257 e. The average Bonchev–Trinajstić information content (AvgIpc) is 2.44. The van der Waals surface area contributed by atoms with Crippen LogP contribution in [-0.2, 0) is 9.53 Å². The van der Waals surface area contributed by atoms with Crippen LogP contribution in [0.3, 0.4) is 0 Å². The Hall–Kier alpha value is -1.59. The molecular formula is C15H23NO4. The van der Waals surface area contributed by atoms with Crippen molar-refractivity contribution < 1.29 is 19.4 Å². The van der Waals surface area contributed by atoms with Crippen LogP contribution in [-0.4, -0.2) is 44.0 Å². The van der Waals surface area contributed by atoms with Crippen LogP contribution in [0.15, 0.2) is 18.2 Å². The molecule has 0 heterocycles. The van der Waals surface area contributed by atoms with Crippen molar-refractivity contribution in [1.29, 1.82) is 0 Å². The summed E-state index contributed by atoms with van der Waals surface area (Å²) in [5, 5.41) is 11.3. The number of carbonyl (C=O) groups is 1. The summed E-state index contributed by atoms with van der Waals surface area (Å²) in [6.07, 6.45) is 0.717. The lowest BCUT2D eigenvalue weighted by Gasteiger charge is -2.11. The Morgan fingerprint density at radius 2 is 2.10 bits per heavy atom. The Morgan fingerprint density at radius 3 is 2.85 bits per heavy atom. The molecule has 0 aliphatic carbocycles. The van der Waals surface area contributed by atoms with Gasteiger partial charge in [-0.3, -0.25) is 4.79 Å². The van der Waals surface area contributed by atoms with Crippen LogP contribution in [0, 0.1) is 13.8 Å². The predicted molar refractivity (Wildman–Crippen MR) is 76.9 cm³/mol. The summed E-state index contributed by atoms with van der Waals surface area (Å²) in [6, 6.07) is 5.78. The number of hydrogen-bond acceptors (Lipinski definition) is 4. The fourth-order valence-electron chi connectivity index (χ4n) is 1.64. The van der Waals surface area contributed by atoms with Crippen LogP contribution in [0.1, 0.15) is 17.5 Å². The van der Waals surface area contributed by atoms with E-state index in [-0.39, 0.29) is 19.1 Å². The van der Waals surface area contributed by atoms with Gasteiger partial charge in [-0.25, -0.2) is 0 Å². The summed E-state index contributed by atoms with van der Waals surface area (Å²) in [4.78, 5) is 11.6. The molecule has 0 bridgehead atoms. The molecule has 1 amide bonds. The lowest BCUT2D eigenvalue weighted by atomic mass is 10.1. The number of amides is 1. The topological polar surface area (TPSA) is 67.8 Å². The van der Waals surface area contributed by atoms with Crippen LogP contribution in [0.25, 0.3) is 0 Å². The Bertz CT molecular complexity index is 420. The molecule has 20 heavy (non-hydrogen) atoms. The van der Waals surface area contributed by atoms with Crippen LogP contribution < -0.4 is 10.1 Å². The third-order valence-corrected chi connectivity index (χ3v) is 2.94. The van der Waals surface area contributed by atoms with E-state index in [0.717, 1.165) is 23.3 Å². The van der Waals surface area contributed by atoms with E-state index in [4.69, 9.17) is 14.6 Å². The molecule has 5 nitrogen and oxygen atoms in total. The first kappa shape index (κ1) is 16.5. The van der Waals surface area contributed by atoms with E-state index in [1.165, 1.54) is 0 Å². The molecule has 0 aliphatic rings. The molecule has 0 unspecified atom stereocenters. The zero-order valence-corrected chi connectivity index (χ0v) is 12.1. The van der Waals surface area contributed by atoms with Gasteiger partial charge >= 0.3 is 0 Å². The fourth-order valence-corrected chi connectivity index (χ4v) is 1.64. The van der Waals surface area contributed by atoms with Gasteiger partial charge in [0.05, 0.1) is 13.2 Å². The number of ether oxygens (including phenoxy) is 2. The van der Waals surface area contributed by atoms with Crippen molar-refractivity contribution in [2.45, 2.75) is 20.3 Å². The molecular weight excluding hydrogens is 258 g/mol. The minimum Gasteiger partial charge on any atom is -0.483 e. The van der Waals surface area contributed by atoms with Gasteiger partial charge in [-0.2, -0.15) is 0 Å². The van der Waals surface area contributed by atoms with E-state index < -0.39 is 0 Å². The average molecular weight is 281 g/mol. The maximum Gasteiger partial charge on any atom is 0.257 e. The van der Waals surface area contributed by atoms with Crippen LogP contribution in [0.2, 0.25) is 0 Å². The normalized spacial score (nSPS) is 10.3. The van der Waals surface area contributed by atoms with Crippen LogP contribution in [0.5, 0.6) is 5.75 Å². The molecule has 0 saturated heterocycles. The quantitative estimate of drug-likeness (QED) is 0.667. The van der Waals surface area contributed by atoms with Crippen molar-refractivity contribution >= 4 is 5.91 Å². The predicted octanol–water partition coefficient (Wildman–Crippen LogP) is 1.20. The molecule has 0 spiro atoms. The minimum atomic E-state index is -0.145. The van der Waals surface area contributed by atoms with Crippen molar-refractivity contribution in [3.05, 3.63) is 29.3 Å². The van der Waals surface area contributed by atoms with E-state index >= 15 is 0 Å². The molecule has 0 aliphatic heterocycles. The summed E-state index contributed by atoms with van der Waals surface area (Å²) >= 11 is 0. The van der Waals surface area contributed by atoms with Gasteiger partial charge in [0.25, 0.3) is 5.91 Å². The highest BCUT2D eigenvalue weighted by molar-refractivity contribution is 5.77. The van der Waals surface area contributed by atoms with E-state index in [0.29, 0.717) is 19.8 Å². The third-order valence-electron chi connectivity index (χ3n) is 2.94. The second-order valence-electron chi connectivity index (χ2n) is 4.53. The molecule has 0 saturated carbocycles. The fraction of sp³-hybridized carbons (Fsp3) is 0.533. The molecule has 0 aromatic heterocycles. The molecule has 2 N–H and O–H groups in total. The standard InChI is InChI=1S/C15H23NO4/c1-12-5-3-6-14(13(12)2)20-11-15(18)16-7-4-9-19-10-8-17/h3,5-6,17H,4,7-11H2,1-2H3,(H,16,18). The third kappa shape index (κ3) is 6.04. The largest absolute Gasteiger partial charge is 0.483 e. The summed E-state index contributed by atoms with van der Waals surface area (Å²) < 4.78 is 10.6. The molecule has 0 atom stereocenters. The molecule has 112 valence electrons. The van der Waals surface area contributed by atoms with Gasteiger partial charge in [0.15, 0.2) is 6.61 Å². The Balaban J connectivity index is 2.18. The summed E-state index contributed by atoms with van der Waals surface area (Å²) in [6.45, 7) is 5.43. The van der Waals surface area contributed by atoms with E-state index in [9.17, 15) is 4.79 Å². The van der Waals surface area contributed by atoms with E-state index in [1.54, 1.807) is 0 Å². The maximum atomic E-state index is 11.6. The summed E-state index contributed by atoms with van der Waals surface area (Å²) in [7, 11) is 0. The Morgan fingerprint density at radius 1 is 1.30 bits per heavy atom. The molecule has 0 radical (unpaired) electrons. The molecule has 0 fully saturated rings. The van der Waals surface area contributed by atoms with Gasteiger partial charge in [-0.15, -0.1) is 0 Å². The van der Waals surface area contributed by atoms with Gasteiger partial charge in [0, 0.05) is 13.2 Å². The molecule has 1 rings (SSSR count). The SMILES string of the molecule is Cc1cccc(OCC(=O)NCCCOCCO)c1C. The lowest BCUT2D eigenvalue weighted by Crippen LogP contribution is -2.30.